The van der Waals surface area contributed by atoms with Crippen molar-refractivity contribution in [2.24, 2.45) is 0 Å². The summed E-state index contributed by atoms with van der Waals surface area (Å²) in [5.74, 6) is 0.642. The molecule has 17 heavy (non-hydrogen) atoms. The Morgan fingerprint density at radius 3 is 2.76 bits per heavy atom. The number of likely N-dealkylation sites (tertiary alicyclic amines) is 1. The highest BCUT2D eigenvalue weighted by molar-refractivity contribution is 7.09. The molecular weight excluding hydrogens is 232 g/mol. The quantitative estimate of drug-likeness (QED) is 0.896. The van der Waals surface area contributed by atoms with Gasteiger partial charge in [-0.3, -0.25) is 0 Å². The molecule has 2 heterocycles. The van der Waals surface area contributed by atoms with Crippen LogP contribution in [-0.2, 0) is 0 Å². The predicted octanol–water partition coefficient (Wildman–Crippen LogP) is 2.40. The Balaban J connectivity index is 1.82. The maximum absolute atomic E-state index is 9.64. The summed E-state index contributed by atoms with van der Waals surface area (Å²) >= 11 is 1.80. The summed E-state index contributed by atoms with van der Waals surface area (Å²) in [5, 5.41) is 13.1. The third-order valence-electron chi connectivity index (χ3n) is 3.51. The molecule has 1 aliphatic rings. The maximum atomic E-state index is 9.64. The molecule has 1 aromatic rings. The first-order chi connectivity index (χ1) is 8.19. The first kappa shape index (κ1) is 13.0. The normalized spacial score (nSPS) is 20.6. The zero-order chi connectivity index (χ0) is 12.3. The fraction of sp³-hybridized carbons (Fsp3) is 0.769. The minimum absolute atomic E-state index is 0.159. The van der Waals surface area contributed by atoms with E-state index < -0.39 is 0 Å². The molecule has 0 amide bonds. The summed E-state index contributed by atoms with van der Waals surface area (Å²) in [6.07, 6.45) is 3.06. The number of piperidine rings is 1. The number of aryl methyl sites for hydroxylation is 1. The molecule has 1 N–H and O–H groups in total. The van der Waals surface area contributed by atoms with Crippen LogP contribution in [0.25, 0.3) is 0 Å². The van der Waals surface area contributed by atoms with Crippen molar-refractivity contribution in [3.05, 3.63) is 16.1 Å². The molecule has 0 saturated carbocycles. The van der Waals surface area contributed by atoms with Gasteiger partial charge in [-0.05, 0) is 39.3 Å². The van der Waals surface area contributed by atoms with E-state index in [0.717, 1.165) is 31.7 Å². The van der Waals surface area contributed by atoms with Gasteiger partial charge in [0, 0.05) is 23.5 Å². The molecule has 1 aromatic heterocycles. The average Bonchev–Trinajstić information content (AvgIpc) is 2.77. The largest absolute Gasteiger partial charge is 0.392 e. The molecule has 1 unspecified atom stereocenters. The molecule has 1 fully saturated rings. The molecule has 0 bridgehead atoms. The minimum atomic E-state index is -0.159. The summed E-state index contributed by atoms with van der Waals surface area (Å²) in [6, 6.07) is 0. The number of thiazole rings is 1. The van der Waals surface area contributed by atoms with Crippen LogP contribution in [0.15, 0.2) is 5.38 Å². The molecule has 4 heteroatoms. The lowest BCUT2D eigenvalue weighted by Crippen LogP contribution is -2.38. The van der Waals surface area contributed by atoms with Crippen molar-refractivity contribution in [2.75, 3.05) is 19.6 Å². The molecule has 2 rings (SSSR count). The number of rotatable bonds is 4. The highest BCUT2D eigenvalue weighted by Crippen LogP contribution is 2.30. The van der Waals surface area contributed by atoms with Crippen LogP contribution in [0.2, 0.25) is 0 Å². The topological polar surface area (TPSA) is 36.4 Å². The van der Waals surface area contributed by atoms with Crippen molar-refractivity contribution in [1.29, 1.82) is 0 Å². The average molecular weight is 254 g/mol. The van der Waals surface area contributed by atoms with Crippen molar-refractivity contribution in [1.82, 2.24) is 9.88 Å². The van der Waals surface area contributed by atoms with Crippen LogP contribution >= 0.6 is 11.3 Å². The number of aliphatic hydroxyl groups is 1. The van der Waals surface area contributed by atoms with E-state index in [0.29, 0.717) is 5.92 Å². The molecule has 3 nitrogen and oxygen atoms in total. The first-order valence-electron chi connectivity index (χ1n) is 6.51. The van der Waals surface area contributed by atoms with Crippen LogP contribution < -0.4 is 0 Å². The summed E-state index contributed by atoms with van der Waals surface area (Å²) in [7, 11) is 0. The van der Waals surface area contributed by atoms with E-state index in [1.165, 1.54) is 17.8 Å². The molecule has 1 saturated heterocycles. The second-order valence-electron chi connectivity index (χ2n) is 4.96. The third-order valence-corrected chi connectivity index (χ3v) is 4.64. The Hall–Kier alpha value is -0.450. The molecule has 1 aliphatic heterocycles. The van der Waals surface area contributed by atoms with Crippen molar-refractivity contribution in [2.45, 2.75) is 45.1 Å². The second-order valence-corrected chi connectivity index (χ2v) is 5.85. The lowest BCUT2D eigenvalue weighted by molar-refractivity contribution is 0.0944. The summed E-state index contributed by atoms with van der Waals surface area (Å²) in [4.78, 5) is 6.97. The fourth-order valence-electron chi connectivity index (χ4n) is 2.35. The fourth-order valence-corrected chi connectivity index (χ4v) is 3.32. The summed E-state index contributed by atoms with van der Waals surface area (Å²) < 4.78 is 0. The van der Waals surface area contributed by atoms with E-state index >= 15 is 0 Å². The molecule has 0 spiro atoms. The van der Waals surface area contributed by atoms with Crippen LogP contribution in [-0.4, -0.2) is 40.7 Å². The second kappa shape index (κ2) is 5.94. The molecule has 0 radical (unpaired) electrons. The third kappa shape index (κ3) is 3.50. The zero-order valence-electron chi connectivity index (χ0n) is 10.7. The smallest absolute Gasteiger partial charge is 0.0960 e. The van der Waals surface area contributed by atoms with Crippen LogP contribution in [0.4, 0.5) is 0 Å². The van der Waals surface area contributed by atoms with Gasteiger partial charge >= 0.3 is 0 Å². The van der Waals surface area contributed by atoms with Gasteiger partial charge in [-0.15, -0.1) is 11.3 Å². The van der Waals surface area contributed by atoms with Gasteiger partial charge in [-0.25, -0.2) is 4.98 Å². The molecular formula is C13H22N2OS. The van der Waals surface area contributed by atoms with Crippen molar-refractivity contribution >= 4 is 11.3 Å². The SMILES string of the molecule is CCC(O)CN1CCC(c2nc(C)cs2)CC1. The lowest BCUT2D eigenvalue weighted by atomic mass is 9.97. The molecule has 0 aromatic carbocycles. The Morgan fingerprint density at radius 1 is 1.53 bits per heavy atom. The van der Waals surface area contributed by atoms with Gasteiger partial charge in [0.2, 0.25) is 0 Å². The van der Waals surface area contributed by atoms with Crippen molar-refractivity contribution in [3.8, 4) is 0 Å². The molecule has 1 atom stereocenters. The van der Waals surface area contributed by atoms with Crippen LogP contribution in [0.3, 0.4) is 0 Å². The first-order valence-corrected chi connectivity index (χ1v) is 7.39. The molecule has 96 valence electrons. The standard InChI is InChI=1S/C13H22N2OS/c1-3-12(16)8-15-6-4-11(5-7-15)13-14-10(2)9-17-13/h9,11-12,16H,3-8H2,1-2H3. The number of β-amino-alcohol motifs (C(OH)–C–C–N with tert-alkyl or cyclic N) is 1. The number of hydrogen-bond donors (Lipinski definition) is 1. The maximum Gasteiger partial charge on any atom is 0.0960 e. The van der Waals surface area contributed by atoms with Crippen LogP contribution in [0, 0.1) is 6.92 Å². The summed E-state index contributed by atoms with van der Waals surface area (Å²) in [6.45, 7) is 7.13. The number of aromatic nitrogens is 1. The Bertz CT molecular complexity index is 345. The van der Waals surface area contributed by atoms with Gasteiger partial charge in [0.15, 0.2) is 0 Å². The Kier molecular flexibility index (Phi) is 4.54. The van der Waals surface area contributed by atoms with Gasteiger partial charge < -0.3 is 10.0 Å². The van der Waals surface area contributed by atoms with Gasteiger partial charge in [0.1, 0.15) is 0 Å². The van der Waals surface area contributed by atoms with Crippen molar-refractivity contribution in [3.63, 3.8) is 0 Å². The number of nitrogens with zero attached hydrogens (tertiary/aromatic N) is 2. The van der Waals surface area contributed by atoms with E-state index in [1.807, 2.05) is 6.92 Å². The van der Waals surface area contributed by atoms with Crippen LogP contribution in [0.5, 0.6) is 0 Å². The van der Waals surface area contributed by atoms with Gasteiger partial charge in [-0.2, -0.15) is 0 Å². The molecule has 0 aliphatic carbocycles. The van der Waals surface area contributed by atoms with Crippen LogP contribution in [0.1, 0.15) is 42.8 Å². The van der Waals surface area contributed by atoms with E-state index in [4.69, 9.17) is 0 Å². The minimum Gasteiger partial charge on any atom is -0.392 e. The lowest BCUT2D eigenvalue weighted by Gasteiger charge is -2.32. The van der Waals surface area contributed by atoms with E-state index in [2.05, 4.69) is 22.2 Å². The Morgan fingerprint density at radius 2 is 2.24 bits per heavy atom. The van der Waals surface area contributed by atoms with E-state index in [1.54, 1.807) is 11.3 Å². The van der Waals surface area contributed by atoms with Crippen molar-refractivity contribution < 1.29 is 5.11 Å². The zero-order valence-corrected chi connectivity index (χ0v) is 11.5. The van der Waals surface area contributed by atoms with Gasteiger partial charge in [0.05, 0.1) is 11.1 Å². The monoisotopic (exact) mass is 254 g/mol. The summed E-state index contributed by atoms with van der Waals surface area (Å²) in [5.41, 5.74) is 1.15. The van der Waals surface area contributed by atoms with E-state index in [-0.39, 0.29) is 6.10 Å². The number of hydrogen-bond acceptors (Lipinski definition) is 4. The highest BCUT2D eigenvalue weighted by atomic mass is 32.1. The van der Waals surface area contributed by atoms with Gasteiger partial charge in [0.25, 0.3) is 0 Å². The predicted molar refractivity (Wildman–Crippen MR) is 71.6 cm³/mol. The van der Waals surface area contributed by atoms with Gasteiger partial charge in [-0.1, -0.05) is 6.92 Å². The number of aliphatic hydroxyl groups excluding tert-OH is 1. The van der Waals surface area contributed by atoms with E-state index in [9.17, 15) is 5.11 Å². The Labute approximate surface area is 107 Å². The highest BCUT2D eigenvalue weighted by Gasteiger charge is 2.23.